The van der Waals surface area contributed by atoms with Crippen LogP contribution in [0.25, 0.3) is 11.0 Å². The summed E-state index contributed by atoms with van der Waals surface area (Å²) in [6.07, 6.45) is 6.61. The molecule has 0 unspecified atom stereocenters. The fourth-order valence-corrected chi connectivity index (χ4v) is 5.00. The number of aliphatic hydroxyl groups excluding tert-OH is 4. The Morgan fingerprint density at radius 1 is 0.514 bits per heavy atom. The van der Waals surface area contributed by atoms with Crippen molar-refractivity contribution in [2.24, 2.45) is 0 Å². The molecule has 12 nitrogen and oxygen atoms in total. The summed E-state index contributed by atoms with van der Waals surface area (Å²) in [4.78, 5) is 27.8. The van der Waals surface area contributed by atoms with Gasteiger partial charge in [0.1, 0.15) is 11.0 Å². The summed E-state index contributed by atoms with van der Waals surface area (Å²) in [6, 6.07) is 0. The molecule has 37 heavy (non-hydrogen) atoms. The Labute approximate surface area is 228 Å². The van der Waals surface area contributed by atoms with Crippen molar-refractivity contribution in [1.82, 2.24) is 19.9 Å². The average molecular weight is 568 g/mol. The second-order valence-electron chi connectivity index (χ2n) is 9.36. The van der Waals surface area contributed by atoms with Crippen molar-refractivity contribution in [3.05, 3.63) is 0 Å². The molecule has 2 aromatic rings. The minimum absolute atomic E-state index is 0. The molecular weight excluding hydrogens is 528 g/mol. The van der Waals surface area contributed by atoms with Crippen LogP contribution in [0.4, 0.5) is 23.5 Å². The van der Waals surface area contributed by atoms with Gasteiger partial charge in [-0.05, 0) is 38.5 Å². The van der Waals surface area contributed by atoms with E-state index in [4.69, 9.17) is 19.9 Å². The van der Waals surface area contributed by atoms with Crippen LogP contribution in [0.3, 0.4) is 0 Å². The van der Waals surface area contributed by atoms with Crippen LogP contribution in [0.5, 0.6) is 0 Å². The minimum atomic E-state index is -0.0772. The number of nitrogens with zero attached hydrogens (tertiary/aromatic N) is 8. The van der Waals surface area contributed by atoms with Gasteiger partial charge >= 0.3 is 0 Å². The molecule has 4 heterocycles. The summed E-state index contributed by atoms with van der Waals surface area (Å²) >= 11 is 0. The third kappa shape index (κ3) is 7.10. The van der Waals surface area contributed by atoms with E-state index < -0.39 is 0 Å². The number of hydrogen-bond donors (Lipinski definition) is 4. The molecule has 0 bridgehead atoms. The first kappa shape index (κ1) is 29.5. The Morgan fingerprint density at radius 2 is 0.838 bits per heavy atom. The number of anilines is 4. The molecule has 13 heteroatoms. The minimum Gasteiger partial charge on any atom is -0.395 e. The van der Waals surface area contributed by atoms with E-state index in [0.29, 0.717) is 49.1 Å². The predicted molar refractivity (Wildman–Crippen MR) is 140 cm³/mol. The van der Waals surface area contributed by atoms with Gasteiger partial charge in [-0.1, -0.05) is 0 Å². The van der Waals surface area contributed by atoms with Crippen molar-refractivity contribution in [3.63, 3.8) is 0 Å². The monoisotopic (exact) mass is 567 g/mol. The molecule has 0 aliphatic carbocycles. The third-order valence-corrected chi connectivity index (χ3v) is 6.84. The van der Waals surface area contributed by atoms with Gasteiger partial charge in [0, 0.05) is 69.4 Å². The van der Waals surface area contributed by atoms with E-state index in [2.05, 4.69) is 9.80 Å². The molecule has 0 saturated carbocycles. The zero-order chi connectivity index (χ0) is 25.3. The maximum atomic E-state index is 9.64. The molecule has 1 radical (unpaired) electrons. The molecule has 4 rings (SSSR count). The maximum absolute atomic E-state index is 9.64. The van der Waals surface area contributed by atoms with Gasteiger partial charge in [-0.2, -0.15) is 9.97 Å². The molecular formula is C24H40CuN8O4. The number of piperidine rings is 2. The summed E-state index contributed by atoms with van der Waals surface area (Å²) in [7, 11) is 0. The Balaban J connectivity index is 0.00000380. The van der Waals surface area contributed by atoms with Crippen LogP contribution in [0.2, 0.25) is 0 Å². The van der Waals surface area contributed by atoms with Crippen LogP contribution >= 0.6 is 0 Å². The first-order chi connectivity index (χ1) is 17.7. The summed E-state index contributed by atoms with van der Waals surface area (Å²) < 4.78 is 0. The van der Waals surface area contributed by atoms with Gasteiger partial charge in [0.05, 0.1) is 26.4 Å². The molecule has 2 aliphatic heterocycles. The van der Waals surface area contributed by atoms with E-state index in [1.54, 1.807) is 9.80 Å². The van der Waals surface area contributed by atoms with Crippen molar-refractivity contribution in [2.45, 2.75) is 38.5 Å². The van der Waals surface area contributed by atoms with Crippen molar-refractivity contribution >= 4 is 34.6 Å². The number of aliphatic hydroxyl groups is 4. The van der Waals surface area contributed by atoms with Gasteiger partial charge in [-0.25, -0.2) is 9.97 Å². The summed E-state index contributed by atoms with van der Waals surface area (Å²) in [5, 5.41) is 38.6. The Kier molecular flexibility index (Phi) is 11.8. The summed E-state index contributed by atoms with van der Waals surface area (Å²) in [6.45, 7) is 4.38. The smallest absolute Gasteiger partial charge is 0.228 e. The fourth-order valence-electron chi connectivity index (χ4n) is 5.00. The number of aromatic nitrogens is 4. The van der Waals surface area contributed by atoms with E-state index in [9.17, 15) is 20.4 Å². The Bertz CT molecular complexity index is 886. The van der Waals surface area contributed by atoms with Crippen molar-refractivity contribution in [1.29, 1.82) is 0 Å². The summed E-state index contributed by atoms with van der Waals surface area (Å²) in [5.41, 5.74) is 1.31. The van der Waals surface area contributed by atoms with Crippen molar-refractivity contribution < 1.29 is 37.5 Å². The molecule has 211 valence electrons. The molecule has 2 aromatic heterocycles. The van der Waals surface area contributed by atoms with E-state index >= 15 is 0 Å². The van der Waals surface area contributed by atoms with Gasteiger partial charge in [0.2, 0.25) is 11.9 Å². The largest absolute Gasteiger partial charge is 0.395 e. The van der Waals surface area contributed by atoms with Gasteiger partial charge in [0.25, 0.3) is 0 Å². The second kappa shape index (κ2) is 14.8. The Hall–Kier alpha value is -2.02. The maximum Gasteiger partial charge on any atom is 0.228 e. The SMILES string of the molecule is OCCN(CCO)c1nc(N2CCCCC2)c2nc(N(CCO)CCO)nc(N3CCCCC3)c2n1.[Cu]. The molecule has 0 atom stereocenters. The van der Waals surface area contributed by atoms with Gasteiger partial charge in [-0.15, -0.1) is 0 Å². The van der Waals surface area contributed by atoms with E-state index in [1.165, 1.54) is 12.8 Å². The van der Waals surface area contributed by atoms with Crippen LogP contribution < -0.4 is 19.6 Å². The van der Waals surface area contributed by atoms with E-state index in [1.807, 2.05) is 0 Å². The average Bonchev–Trinajstić information content (AvgIpc) is 2.92. The fraction of sp³-hybridized carbons (Fsp3) is 0.750. The number of rotatable bonds is 12. The van der Waals surface area contributed by atoms with Crippen LogP contribution in [-0.4, -0.2) is 119 Å². The van der Waals surface area contributed by atoms with Crippen LogP contribution in [0.15, 0.2) is 0 Å². The van der Waals surface area contributed by atoms with E-state index in [0.717, 1.165) is 63.5 Å². The van der Waals surface area contributed by atoms with Crippen LogP contribution in [0, 0.1) is 0 Å². The molecule has 4 N–H and O–H groups in total. The summed E-state index contributed by atoms with van der Waals surface area (Å²) in [5.74, 6) is 2.35. The van der Waals surface area contributed by atoms with Crippen molar-refractivity contribution in [3.8, 4) is 0 Å². The second-order valence-corrected chi connectivity index (χ2v) is 9.36. The number of fused-ring (bicyclic) bond motifs is 1. The van der Waals surface area contributed by atoms with E-state index in [-0.39, 0.29) is 43.5 Å². The molecule has 2 fully saturated rings. The first-order valence-electron chi connectivity index (χ1n) is 13.2. The van der Waals surface area contributed by atoms with Gasteiger partial charge < -0.3 is 40.0 Å². The molecule has 0 amide bonds. The first-order valence-corrected chi connectivity index (χ1v) is 13.2. The zero-order valence-electron chi connectivity index (χ0n) is 21.4. The standard InChI is InChI=1S/C24H40N8O4.Cu/c33-15-11-31(12-16-34)23-26-20-19(21(27-23)29-7-3-1-4-8-29)25-24(32(13-17-35)14-18-36)28-22(20)30-9-5-2-6-10-30;/h33-36H,1-18H2;. The van der Waals surface area contributed by atoms with Gasteiger partial charge in [-0.3, -0.25) is 0 Å². The predicted octanol–water partition coefficient (Wildman–Crippen LogP) is -0.0201. The van der Waals surface area contributed by atoms with Crippen LogP contribution in [-0.2, 0) is 17.1 Å². The molecule has 0 aromatic carbocycles. The van der Waals surface area contributed by atoms with Crippen LogP contribution in [0.1, 0.15) is 38.5 Å². The van der Waals surface area contributed by atoms with Crippen molar-refractivity contribution in [2.75, 3.05) is 98.4 Å². The normalized spacial score (nSPS) is 16.1. The molecule has 2 aliphatic rings. The topological polar surface area (TPSA) is 145 Å². The third-order valence-electron chi connectivity index (χ3n) is 6.84. The van der Waals surface area contributed by atoms with Gasteiger partial charge in [0.15, 0.2) is 11.6 Å². The number of hydrogen-bond acceptors (Lipinski definition) is 12. The Morgan fingerprint density at radius 3 is 1.14 bits per heavy atom. The molecule has 2 saturated heterocycles. The zero-order valence-corrected chi connectivity index (χ0v) is 22.3. The quantitative estimate of drug-likeness (QED) is 0.256. The molecule has 0 spiro atoms.